The molecule has 1 amide bonds. The highest BCUT2D eigenvalue weighted by molar-refractivity contribution is 7.16. The Morgan fingerprint density at radius 2 is 1.88 bits per heavy atom. The first-order valence-corrected chi connectivity index (χ1v) is 8.13. The van der Waals surface area contributed by atoms with Crippen molar-refractivity contribution in [1.82, 2.24) is 4.57 Å². The van der Waals surface area contributed by atoms with Crippen LogP contribution in [0.1, 0.15) is 10.4 Å². The highest BCUT2D eigenvalue weighted by Crippen LogP contribution is 2.22. The van der Waals surface area contributed by atoms with Gasteiger partial charge >= 0.3 is 0 Å². The molecular formula is C17H13F3N2O2S. The van der Waals surface area contributed by atoms with E-state index in [1.807, 2.05) is 0 Å². The van der Waals surface area contributed by atoms with Crippen LogP contribution in [0.25, 0.3) is 10.2 Å². The molecule has 0 saturated heterocycles. The largest absolute Gasteiger partial charge is 0.383 e. The third-order valence-electron chi connectivity index (χ3n) is 3.50. The minimum atomic E-state index is -0.738. The van der Waals surface area contributed by atoms with E-state index in [0.717, 1.165) is 29.5 Å². The van der Waals surface area contributed by atoms with Crippen LogP contribution in [0.3, 0.4) is 0 Å². The Labute approximate surface area is 144 Å². The number of thiazole rings is 1. The van der Waals surface area contributed by atoms with Gasteiger partial charge in [-0.3, -0.25) is 4.79 Å². The normalized spacial score (nSPS) is 12.1. The molecule has 0 aliphatic rings. The number of carbonyl (C=O) groups excluding carboxylic acids is 1. The van der Waals surface area contributed by atoms with E-state index in [1.54, 1.807) is 0 Å². The van der Waals surface area contributed by atoms with E-state index in [-0.39, 0.29) is 29.0 Å². The molecule has 8 heteroatoms. The summed E-state index contributed by atoms with van der Waals surface area (Å²) < 4.78 is 47.4. The van der Waals surface area contributed by atoms with Crippen LogP contribution >= 0.6 is 11.3 Å². The number of rotatable bonds is 4. The zero-order valence-electron chi connectivity index (χ0n) is 13.1. The first-order chi connectivity index (χ1) is 12.0. The van der Waals surface area contributed by atoms with Gasteiger partial charge in [-0.15, -0.1) is 0 Å². The molecule has 3 rings (SSSR count). The summed E-state index contributed by atoms with van der Waals surface area (Å²) in [5.41, 5.74) is 0.359. The van der Waals surface area contributed by atoms with Gasteiger partial charge in [-0.1, -0.05) is 11.3 Å². The maximum atomic E-state index is 14.2. The Morgan fingerprint density at radius 3 is 2.56 bits per heavy atom. The maximum Gasteiger partial charge on any atom is 0.279 e. The third kappa shape index (κ3) is 3.64. The first-order valence-electron chi connectivity index (χ1n) is 7.31. The Balaban J connectivity index is 2.15. The van der Waals surface area contributed by atoms with Crippen molar-refractivity contribution in [3.63, 3.8) is 0 Å². The number of carbonyl (C=O) groups is 1. The van der Waals surface area contributed by atoms with Crippen molar-refractivity contribution < 1.29 is 22.7 Å². The lowest BCUT2D eigenvalue weighted by Crippen LogP contribution is -2.20. The second kappa shape index (κ2) is 7.20. The summed E-state index contributed by atoms with van der Waals surface area (Å²) in [5, 5.41) is 0. The van der Waals surface area contributed by atoms with Gasteiger partial charge in [-0.05, 0) is 30.3 Å². The molecule has 0 atom stereocenters. The summed E-state index contributed by atoms with van der Waals surface area (Å²) >= 11 is 0.995. The number of benzene rings is 2. The van der Waals surface area contributed by atoms with E-state index in [9.17, 15) is 18.0 Å². The van der Waals surface area contributed by atoms with Crippen molar-refractivity contribution in [3.05, 3.63) is 64.2 Å². The molecule has 0 saturated carbocycles. The minimum Gasteiger partial charge on any atom is -0.383 e. The number of halogens is 3. The van der Waals surface area contributed by atoms with Gasteiger partial charge in [0.05, 0.1) is 16.8 Å². The van der Waals surface area contributed by atoms with E-state index < -0.39 is 23.4 Å². The summed E-state index contributed by atoms with van der Waals surface area (Å²) in [6, 6.07) is 6.91. The molecule has 1 heterocycles. The fourth-order valence-electron chi connectivity index (χ4n) is 2.35. The zero-order valence-corrected chi connectivity index (χ0v) is 13.9. The van der Waals surface area contributed by atoms with Crippen LogP contribution in [0.2, 0.25) is 0 Å². The van der Waals surface area contributed by atoms with Gasteiger partial charge in [0, 0.05) is 25.3 Å². The zero-order chi connectivity index (χ0) is 18.0. The molecule has 25 heavy (non-hydrogen) atoms. The minimum absolute atomic E-state index is 0.161. The van der Waals surface area contributed by atoms with E-state index >= 15 is 0 Å². The number of aromatic nitrogens is 1. The second-order valence-corrected chi connectivity index (χ2v) is 6.20. The van der Waals surface area contributed by atoms with Crippen LogP contribution in [0.4, 0.5) is 13.2 Å². The molecule has 0 bridgehead atoms. The maximum absolute atomic E-state index is 14.2. The molecule has 0 unspecified atom stereocenters. The van der Waals surface area contributed by atoms with Crippen molar-refractivity contribution in [2.24, 2.45) is 4.99 Å². The van der Waals surface area contributed by atoms with Gasteiger partial charge in [-0.25, -0.2) is 13.2 Å². The van der Waals surface area contributed by atoms with Crippen molar-refractivity contribution >= 4 is 27.5 Å². The lowest BCUT2D eigenvalue weighted by Gasteiger charge is -2.05. The summed E-state index contributed by atoms with van der Waals surface area (Å²) in [6.45, 7) is 0.509. The molecule has 0 fully saturated rings. The molecule has 130 valence electrons. The Morgan fingerprint density at radius 1 is 1.16 bits per heavy atom. The topological polar surface area (TPSA) is 43.6 Å². The lowest BCUT2D eigenvalue weighted by molar-refractivity contribution is 0.0997. The quantitative estimate of drug-likeness (QED) is 0.709. The van der Waals surface area contributed by atoms with Crippen LogP contribution in [0, 0.1) is 17.5 Å². The van der Waals surface area contributed by atoms with Crippen molar-refractivity contribution in [3.8, 4) is 0 Å². The van der Waals surface area contributed by atoms with Gasteiger partial charge in [0.15, 0.2) is 10.6 Å². The van der Waals surface area contributed by atoms with Gasteiger partial charge in [-0.2, -0.15) is 4.99 Å². The first kappa shape index (κ1) is 17.4. The smallest absolute Gasteiger partial charge is 0.279 e. The Bertz CT molecular complexity index is 994. The van der Waals surface area contributed by atoms with Crippen LogP contribution in [0.5, 0.6) is 0 Å². The number of amides is 1. The standard InChI is InChI=1S/C17H13F3N2O2S/c1-24-7-6-22-15-13(20)8-12(19)9-14(15)25-17(22)21-16(23)10-2-4-11(18)5-3-10/h2-5,8-9H,6-7H2,1H3. The van der Waals surface area contributed by atoms with Crippen LogP contribution in [-0.4, -0.2) is 24.2 Å². The summed E-state index contributed by atoms with van der Waals surface area (Å²) in [5.74, 6) is -2.51. The molecular weight excluding hydrogens is 353 g/mol. The number of hydrogen-bond acceptors (Lipinski definition) is 3. The monoisotopic (exact) mass is 366 g/mol. The molecule has 3 aromatic rings. The van der Waals surface area contributed by atoms with Crippen LogP contribution in [0.15, 0.2) is 41.4 Å². The van der Waals surface area contributed by atoms with Gasteiger partial charge < -0.3 is 9.30 Å². The van der Waals surface area contributed by atoms with Gasteiger partial charge in [0.25, 0.3) is 5.91 Å². The van der Waals surface area contributed by atoms with Gasteiger partial charge in [0.1, 0.15) is 11.6 Å². The van der Waals surface area contributed by atoms with Gasteiger partial charge in [0.2, 0.25) is 0 Å². The molecule has 0 spiro atoms. The van der Waals surface area contributed by atoms with Crippen LogP contribution in [-0.2, 0) is 11.3 Å². The highest BCUT2D eigenvalue weighted by Gasteiger charge is 2.14. The fourth-order valence-corrected chi connectivity index (χ4v) is 3.44. The van der Waals surface area contributed by atoms with E-state index in [2.05, 4.69) is 4.99 Å². The lowest BCUT2D eigenvalue weighted by atomic mass is 10.2. The number of hydrogen-bond donors (Lipinski definition) is 0. The van der Waals surface area contributed by atoms with E-state index in [0.29, 0.717) is 4.70 Å². The van der Waals surface area contributed by atoms with E-state index in [4.69, 9.17) is 4.74 Å². The molecule has 2 aromatic carbocycles. The molecule has 0 aliphatic carbocycles. The number of ether oxygens (including phenoxy) is 1. The molecule has 0 radical (unpaired) electrons. The molecule has 0 aliphatic heterocycles. The number of fused-ring (bicyclic) bond motifs is 1. The fraction of sp³-hybridized carbons (Fsp3) is 0.176. The highest BCUT2D eigenvalue weighted by atomic mass is 32.1. The third-order valence-corrected chi connectivity index (χ3v) is 4.53. The average Bonchev–Trinajstić information content (AvgIpc) is 2.90. The molecule has 0 N–H and O–H groups in total. The molecule has 4 nitrogen and oxygen atoms in total. The predicted molar refractivity (Wildman–Crippen MR) is 87.9 cm³/mol. The second-order valence-electron chi connectivity index (χ2n) is 5.19. The van der Waals surface area contributed by atoms with Crippen molar-refractivity contribution in [2.75, 3.05) is 13.7 Å². The Hall–Kier alpha value is -2.45. The number of methoxy groups -OCH3 is 1. The number of nitrogens with zero attached hydrogens (tertiary/aromatic N) is 2. The summed E-state index contributed by atoms with van der Waals surface area (Å²) in [6.07, 6.45) is 0. The Kier molecular flexibility index (Phi) is 5.00. The SMILES string of the molecule is COCCn1c(=NC(=O)c2ccc(F)cc2)sc2cc(F)cc(F)c21. The molecule has 1 aromatic heterocycles. The van der Waals surface area contributed by atoms with Crippen molar-refractivity contribution in [1.29, 1.82) is 0 Å². The van der Waals surface area contributed by atoms with Crippen molar-refractivity contribution in [2.45, 2.75) is 6.54 Å². The van der Waals surface area contributed by atoms with E-state index in [1.165, 1.54) is 29.9 Å². The van der Waals surface area contributed by atoms with Crippen LogP contribution < -0.4 is 4.80 Å². The summed E-state index contributed by atoms with van der Waals surface area (Å²) in [7, 11) is 1.49. The summed E-state index contributed by atoms with van der Waals surface area (Å²) in [4.78, 5) is 16.5. The average molecular weight is 366 g/mol. The predicted octanol–water partition coefficient (Wildman–Crippen LogP) is 3.51.